The standard InChI is InChI=1S/C14H25N5/c1-4-12-13(15-5-2)17-10-18-14(12)16-8-11-6-7-19(3)9-11/h10-11H,4-9H2,1-3H3,(H2,15,16,17,18). The smallest absolute Gasteiger partial charge is 0.134 e. The minimum absolute atomic E-state index is 0.729. The lowest BCUT2D eigenvalue weighted by Gasteiger charge is -2.16. The van der Waals surface area contributed by atoms with Crippen LogP contribution in [0.3, 0.4) is 0 Å². The van der Waals surface area contributed by atoms with E-state index in [0.29, 0.717) is 0 Å². The molecule has 1 aromatic rings. The van der Waals surface area contributed by atoms with E-state index in [2.05, 4.69) is 46.4 Å². The Morgan fingerprint density at radius 3 is 2.58 bits per heavy atom. The number of nitrogens with one attached hydrogen (secondary N) is 2. The third-order valence-corrected chi connectivity index (χ3v) is 3.69. The van der Waals surface area contributed by atoms with Gasteiger partial charge in [0.05, 0.1) is 0 Å². The van der Waals surface area contributed by atoms with Crippen LogP contribution >= 0.6 is 0 Å². The van der Waals surface area contributed by atoms with E-state index >= 15 is 0 Å². The minimum Gasteiger partial charge on any atom is -0.370 e. The Morgan fingerprint density at radius 2 is 2.00 bits per heavy atom. The van der Waals surface area contributed by atoms with Gasteiger partial charge in [-0.15, -0.1) is 0 Å². The van der Waals surface area contributed by atoms with Crippen molar-refractivity contribution in [1.29, 1.82) is 0 Å². The maximum absolute atomic E-state index is 4.40. The predicted molar refractivity (Wildman–Crippen MR) is 79.7 cm³/mol. The summed E-state index contributed by atoms with van der Waals surface area (Å²) >= 11 is 0. The lowest BCUT2D eigenvalue weighted by molar-refractivity contribution is 0.399. The molecule has 0 aliphatic carbocycles. The van der Waals surface area contributed by atoms with Crippen molar-refractivity contribution in [3.05, 3.63) is 11.9 Å². The van der Waals surface area contributed by atoms with Gasteiger partial charge >= 0.3 is 0 Å². The van der Waals surface area contributed by atoms with Crippen LogP contribution in [-0.4, -0.2) is 48.1 Å². The number of likely N-dealkylation sites (tertiary alicyclic amines) is 1. The van der Waals surface area contributed by atoms with Gasteiger partial charge in [0.15, 0.2) is 0 Å². The number of aromatic nitrogens is 2. The minimum atomic E-state index is 0.729. The highest BCUT2D eigenvalue weighted by Gasteiger charge is 2.19. The number of hydrogen-bond acceptors (Lipinski definition) is 5. The molecule has 5 heteroatoms. The van der Waals surface area contributed by atoms with Crippen LogP contribution in [0, 0.1) is 5.92 Å². The third kappa shape index (κ3) is 3.56. The molecule has 1 aliphatic heterocycles. The van der Waals surface area contributed by atoms with Gasteiger partial charge in [0.1, 0.15) is 18.0 Å². The second-order valence-electron chi connectivity index (χ2n) is 5.23. The average molecular weight is 263 g/mol. The molecule has 2 heterocycles. The van der Waals surface area contributed by atoms with Crippen LogP contribution in [0.1, 0.15) is 25.8 Å². The second-order valence-corrected chi connectivity index (χ2v) is 5.23. The fourth-order valence-electron chi connectivity index (χ4n) is 2.65. The second kappa shape index (κ2) is 6.70. The molecule has 0 amide bonds. The van der Waals surface area contributed by atoms with E-state index in [0.717, 1.165) is 37.1 Å². The SMILES string of the molecule is CCNc1ncnc(NCC2CCN(C)C2)c1CC. The normalized spacial score (nSPS) is 19.6. The monoisotopic (exact) mass is 263 g/mol. The fourth-order valence-corrected chi connectivity index (χ4v) is 2.65. The Balaban J connectivity index is 2.00. The lowest BCUT2D eigenvalue weighted by atomic mass is 10.1. The summed E-state index contributed by atoms with van der Waals surface area (Å²) in [6, 6.07) is 0. The first-order chi connectivity index (χ1) is 9.24. The van der Waals surface area contributed by atoms with Crippen LogP contribution < -0.4 is 10.6 Å². The molecule has 1 saturated heterocycles. The average Bonchev–Trinajstić information content (AvgIpc) is 2.83. The Hall–Kier alpha value is -1.36. The van der Waals surface area contributed by atoms with Crippen molar-refractivity contribution >= 4 is 11.6 Å². The Labute approximate surface area is 115 Å². The highest BCUT2D eigenvalue weighted by Crippen LogP contribution is 2.21. The van der Waals surface area contributed by atoms with Crippen molar-refractivity contribution in [2.24, 2.45) is 5.92 Å². The molecule has 1 unspecified atom stereocenters. The molecule has 1 fully saturated rings. The Morgan fingerprint density at radius 1 is 1.26 bits per heavy atom. The van der Waals surface area contributed by atoms with Crippen molar-refractivity contribution in [3.8, 4) is 0 Å². The van der Waals surface area contributed by atoms with Gasteiger partial charge in [-0.1, -0.05) is 6.92 Å². The van der Waals surface area contributed by atoms with Gasteiger partial charge in [-0.25, -0.2) is 9.97 Å². The number of anilines is 2. The van der Waals surface area contributed by atoms with Gasteiger partial charge in [0.2, 0.25) is 0 Å². The molecule has 5 nitrogen and oxygen atoms in total. The van der Waals surface area contributed by atoms with E-state index in [1.165, 1.54) is 25.1 Å². The maximum Gasteiger partial charge on any atom is 0.134 e. The van der Waals surface area contributed by atoms with Gasteiger partial charge in [-0.3, -0.25) is 0 Å². The maximum atomic E-state index is 4.40. The summed E-state index contributed by atoms with van der Waals surface area (Å²) in [5.74, 6) is 2.68. The lowest BCUT2D eigenvalue weighted by Crippen LogP contribution is -2.20. The van der Waals surface area contributed by atoms with Crippen molar-refractivity contribution in [3.63, 3.8) is 0 Å². The van der Waals surface area contributed by atoms with E-state index in [9.17, 15) is 0 Å². The van der Waals surface area contributed by atoms with Crippen LogP contribution in [0.2, 0.25) is 0 Å². The third-order valence-electron chi connectivity index (χ3n) is 3.69. The van der Waals surface area contributed by atoms with E-state index in [1.54, 1.807) is 6.33 Å². The molecule has 0 bridgehead atoms. The summed E-state index contributed by atoms with van der Waals surface area (Å²) in [5.41, 5.74) is 1.19. The van der Waals surface area contributed by atoms with Crippen LogP contribution in [0.15, 0.2) is 6.33 Å². The van der Waals surface area contributed by atoms with Gasteiger partial charge in [0, 0.05) is 25.2 Å². The fraction of sp³-hybridized carbons (Fsp3) is 0.714. The summed E-state index contributed by atoms with van der Waals surface area (Å²) in [6.07, 6.45) is 3.85. The molecule has 19 heavy (non-hydrogen) atoms. The van der Waals surface area contributed by atoms with Gasteiger partial charge in [-0.05, 0) is 39.3 Å². The first-order valence-electron chi connectivity index (χ1n) is 7.24. The summed E-state index contributed by atoms with van der Waals surface area (Å²) < 4.78 is 0. The molecule has 1 aliphatic rings. The number of nitrogens with zero attached hydrogens (tertiary/aromatic N) is 3. The quantitative estimate of drug-likeness (QED) is 0.820. The molecule has 1 aromatic heterocycles. The summed E-state index contributed by atoms with van der Waals surface area (Å²) in [7, 11) is 2.19. The largest absolute Gasteiger partial charge is 0.370 e. The van der Waals surface area contributed by atoms with E-state index in [-0.39, 0.29) is 0 Å². The summed E-state index contributed by atoms with van der Waals surface area (Å²) in [5, 5.41) is 6.81. The van der Waals surface area contributed by atoms with Crippen molar-refractivity contribution in [2.45, 2.75) is 26.7 Å². The molecule has 2 rings (SSSR count). The zero-order valence-corrected chi connectivity index (χ0v) is 12.2. The van der Waals surface area contributed by atoms with E-state index in [1.807, 2.05) is 0 Å². The van der Waals surface area contributed by atoms with Crippen molar-refractivity contribution in [1.82, 2.24) is 14.9 Å². The molecule has 0 aromatic carbocycles. The zero-order chi connectivity index (χ0) is 13.7. The summed E-state index contributed by atoms with van der Waals surface area (Å²) in [4.78, 5) is 11.1. The first-order valence-corrected chi connectivity index (χ1v) is 7.24. The van der Waals surface area contributed by atoms with E-state index in [4.69, 9.17) is 0 Å². The topological polar surface area (TPSA) is 53.1 Å². The van der Waals surface area contributed by atoms with Crippen molar-refractivity contribution < 1.29 is 0 Å². The highest BCUT2D eigenvalue weighted by atomic mass is 15.1. The van der Waals surface area contributed by atoms with Gasteiger partial charge in [-0.2, -0.15) is 0 Å². The molecule has 1 atom stereocenters. The molecular formula is C14H25N5. The van der Waals surface area contributed by atoms with Crippen molar-refractivity contribution in [2.75, 3.05) is 43.9 Å². The van der Waals surface area contributed by atoms with Crippen LogP contribution in [0.4, 0.5) is 11.6 Å². The van der Waals surface area contributed by atoms with Crippen LogP contribution in [-0.2, 0) is 6.42 Å². The molecule has 0 radical (unpaired) electrons. The predicted octanol–water partition coefficient (Wildman–Crippen LogP) is 1.83. The van der Waals surface area contributed by atoms with Crippen LogP contribution in [0.5, 0.6) is 0 Å². The molecule has 0 saturated carbocycles. The van der Waals surface area contributed by atoms with E-state index < -0.39 is 0 Å². The highest BCUT2D eigenvalue weighted by molar-refractivity contribution is 5.57. The van der Waals surface area contributed by atoms with Gasteiger partial charge < -0.3 is 15.5 Å². The molecular weight excluding hydrogens is 238 g/mol. The Kier molecular flexibility index (Phi) is 4.96. The summed E-state index contributed by atoms with van der Waals surface area (Å²) in [6.45, 7) is 8.51. The van der Waals surface area contributed by atoms with Gasteiger partial charge in [0.25, 0.3) is 0 Å². The molecule has 106 valence electrons. The molecule has 0 spiro atoms. The number of hydrogen-bond donors (Lipinski definition) is 2. The first kappa shape index (κ1) is 14.1. The Bertz CT molecular complexity index is 407. The molecule has 2 N–H and O–H groups in total. The zero-order valence-electron chi connectivity index (χ0n) is 12.2. The number of rotatable bonds is 6. The van der Waals surface area contributed by atoms with Crippen LogP contribution in [0.25, 0.3) is 0 Å².